The van der Waals surface area contributed by atoms with Crippen molar-refractivity contribution < 1.29 is 17.9 Å². The van der Waals surface area contributed by atoms with Crippen LogP contribution < -0.4 is 10.5 Å². The first-order valence-corrected chi connectivity index (χ1v) is 20.6. The summed E-state index contributed by atoms with van der Waals surface area (Å²) in [5.74, 6) is 0.0666. The molecule has 0 unspecified atom stereocenters. The third kappa shape index (κ3) is 6.78. The van der Waals surface area contributed by atoms with E-state index in [2.05, 4.69) is 27.9 Å². The Morgan fingerprint density at radius 2 is 1.61 bits per heavy atom. The first kappa shape index (κ1) is 36.5. The summed E-state index contributed by atoms with van der Waals surface area (Å²) in [6.07, 6.45) is 5.43. The molecule has 288 valence electrons. The zero-order valence-electron chi connectivity index (χ0n) is 32.1. The van der Waals surface area contributed by atoms with Crippen molar-refractivity contribution in [2.24, 2.45) is 0 Å². The predicted octanol–water partition coefficient (Wildman–Crippen LogP) is 7.31. The van der Waals surface area contributed by atoms with Gasteiger partial charge in [-0.05, 0) is 97.8 Å². The van der Waals surface area contributed by atoms with E-state index >= 15 is 0 Å². The molecule has 7 aromatic rings. The van der Waals surface area contributed by atoms with Crippen LogP contribution in [-0.2, 0) is 26.2 Å². The molecule has 0 spiro atoms. The van der Waals surface area contributed by atoms with Gasteiger partial charge in [-0.25, -0.2) is 22.4 Å². The number of fused-ring (bicyclic) bond motifs is 2. The Labute approximate surface area is 330 Å². The number of likely N-dealkylation sites (N-methyl/N-ethyl adjacent to an activating group) is 1. The van der Waals surface area contributed by atoms with Crippen molar-refractivity contribution in [3.05, 3.63) is 137 Å². The lowest BCUT2D eigenvalue weighted by Gasteiger charge is -2.34. The van der Waals surface area contributed by atoms with E-state index in [1.54, 1.807) is 35.0 Å². The van der Waals surface area contributed by atoms with Gasteiger partial charge < -0.3 is 14.5 Å². The highest BCUT2D eigenvalue weighted by atomic mass is 32.2. The number of nitrogens with zero attached hydrogens (tertiary/aromatic N) is 6. The standard InChI is InChI=1S/C45H42N6O5S/c1-29-7-16-36(17-8-29)57(54,55)51-42(32-11-14-35(15-12-32)49-23-21-48(3)22-24-49)26-39-43(46-28-47-44(39)51)38-5-4-6-41(40(38)27-56-30(2)52)50-20-19-34-25-33(31-9-10-31)13-18-37(34)45(50)53/h4-8,11-20,25-26,28,31H,9-10,21-24,27H2,1-3H3. The van der Waals surface area contributed by atoms with Crippen LogP contribution in [0.5, 0.6) is 0 Å². The van der Waals surface area contributed by atoms with Crippen molar-refractivity contribution in [2.75, 3.05) is 38.1 Å². The topological polar surface area (TPSA) is 120 Å². The molecule has 0 bridgehead atoms. The maximum Gasteiger partial charge on any atom is 0.302 e. The molecule has 3 aromatic heterocycles. The largest absolute Gasteiger partial charge is 0.461 e. The number of pyridine rings is 1. The van der Waals surface area contributed by atoms with E-state index in [4.69, 9.17) is 9.72 Å². The monoisotopic (exact) mass is 778 g/mol. The van der Waals surface area contributed by atoms with Crippen LogP contribution in [-0.4, -0.2) is 71.0 Å². The Morgan fingerprint density at radius 1 is 0.860 bits per heavy atom. The van der Waals surface area contributed by atoms with E-state index in [9.17, 15) is 18.0 Å². The number of esters is 1. The van der Waals surface area contributed by atoms with Crippen LogP contribution >= 0.6 is 0 Å². The summed E-state index contributed by atoms with van der Waals surface area (Å²) in [6.45, 7) is 6.82. The lowest BCUT2D eigenvalue weighted by Crippen LogP contribution is -2.44. The second-order valence-electron chi connectivity index (χ2n) is 15.1. The van der Waals surface area contributed by atoms with Crippen LogP contribution in [0, 0.1) is 6.92 Å². The molecule has 1 saturated carbocycles. The average Bonchev–Trinajstić information content (AvgIpc) is 3.99. The number of hydrogen-bond donors (Lipinski definition) is 0. The van der Waals surface area contributed by atoms with Crippen LogP contribution in [0.25, 0.3) is 50.0 Å². The minimum atomic E-state index is -4.17. The highest BCUT2D eigenvalue weighted by Gasteiger charge is 2.28. The number of piperazine rings is 1. The highest BCUT2D eigenvalue weighted by Crippen LogP contribution is 2.41. The zero-order chi connectivity index (χ0) is 39.4. The van der Waals surface area contributed by atoms with Gasteiger partial charge in [-0.15, -0.1) is 0 Å². The molecule has 4 aromatic carbocycles. The molecule has 0 amide bonds. The van der Waals surface area contributed by atoms with E-state index in [1.807, 2.05) is 73.7 Å². The van der Waals surface area contributed by atoms with Crippen molar-refractivity contribution >= 4 is 43.5 Å². The van der Waals surface area contributed by atoms with E-state index < -0.39 is 16.0 Å². The number of rotatable bonds is 9. The first-order valence-electron chi connectivity index (χ1n) is 19.2. The summed E-state index contributed by atoms with van der Waals surface area (Å²) in [7, 11) is -2.05. The Hall–Kier alpha value is -6.11. The van der Waals surface area contributed by atoms with Crippen LogP contribution in [0.3, 0.4) is 0 Å². The molecule has 9 rings (SSSR count). The van der Waals surface area contributed by atoms with E-state index in [-0.39, 0.29) is 22.7 Å². The number of carbonyl (C=O) groups excluding carboxylic acids is 1. The molecule has 1 aliphatic heterocycles. The molecule has 0 N–H and O–H groups in total. The highest BCUT2D eigenvalue weighted by molar-refractivity contribution is 7.90. The first-order chi connectivity index (χ1) is 27.6. The summed E-state index contributed by atoms with van der Waals surface area (Å²) in [6, 6.07) is 30.0. The third-order valence-electron chi connectivity index (χ3n) is 11.2. The van der Waals surface area contributed by atoms with Gasteiger partial charge in [0.25, 0.3) is 15.6 Å². The van der Waals surface area contributed by atoms with Crippen molar-refractivity contribution in [1.82, 2.24) is 23.4 Å². The summed E-state index contributed by atoms with van der Waals surface area (Å²) >= 11 is 0. The van der Waals surface area contributed by atoms with Gasteiger partial charge in [-0.3, -0.25) is 14.2 Å². The summed E-state index contributed by atoms with van der Waals surface area (Å²) in [5, 5.41) is 1.93. The number of anilines is 1. The molecule has 0 radical (unpaired) electrons. The average molecular weight is 779 g/mol. The Bertz CT molecular complexity index is 2850. The number of hydrogen-bond acceptors (Lipinski definition) is 9. The van der Waals surface area contributed by atoms with Crippen LogP contribution in [0.2, 0.25) is 0 Å². The summed E-state index contributed by atoms with van der Waals surface area (Å²) in [4.78, 5) is 40.5. The van der Waals surface area contributed by atoms with Gasteiger partial charge in [0.1, 0.15) is 12.9 Å². The minimum Gasteiger partial charge on any atom is -0.461 e. The fourth-order valence-corrected chi connectivity index (χ4v) is 9.33. The van der Waals surface area contributed by atoms with Gasteiger partial charge >= 0.3 is 5.97 Å². The molecule has 57 heavy (non-hydrogen) atoms. The Kier molecular flexibility index (Phi) is 9.25. The normalized spacial score (nSPS) is 15.0. The number of ether oxygens (including phenoxy) is 1. The number of aryl methyl sites for hydroxylation is 1. The quantitative estimate of drug-likeness (QED) is 0.139. The van der Waals surface area contributed by atoms with Crippen molar-refractivity contribution in [3.63, 3.8) is 0 Å². The van der Waals surface area contributed by atoms with E-state index in [1.165, 1.54) is 22.8 Å². The second-order valence-corrected chi connectivity index (χ2v) is 16.9. The fraction of sp³-hybridized carbons (Fsp3) is 0.244. The Morgan fingerprint density at radius 3 is 2.33 bits per heavy atom. The molecule has 2 fully saturated rings. The minimum absolute atomic E-state index is 0.124. The van der Waals surface area contributed by atoms with Crippen LogP contribution in [0.4, 0.5) is 5.69 Å². The molecule has 11 nitrogen and oxygen atoms in total. The van der Waals surface area contributed by atoms with Crippen molar-refractivity contribution in [1.29, 1.82) is 0 Å². The molecule has 1 aliphatic carbocycles. The second kappa shape index (κ2) is 14.4. The fourth-order valence-electron chi connectivity index (χ4n) is 7.85. The van der Waals surface area contributed by atoms with E-state index in [0.717, 1.165) is 55.7 Å². The summed E-state index contributed by atoms with van der Waals surface area (Å²) in [5.41, 5.74) is 6.39. The van der Waals surface area contributed by atoms with Gasteiger partial charge in [0.05, 0.1) is 22.0 Å². The Balaban J connectivity index is 1.23. The van der Waals surface area contributed by atoms with Gasteiger partial charge in [-0.2, -0.15) is 0 Å². The van der Waals surface area contributed by atoms with Crippen molar-refractivity contribution in [2.45, 2.75) is 44.1 Å². The van der Waals surface area contributed by atoms with Gasteiger partial charge in [0.2, 0.25) is 0 Å². The maximum absolute atomic E-state index is 14.7. The van der Waals surface area contributed by atoms with Crippen LogP contribution in [0.1, 0.15) is 42.4 Å². The molecule has 2 aliphatic rings. The molecule has 4 heterocycles. The number of carbonyl (C=O) groups is 1. The molecule has 0 atom stereocenters. The SMILES string of the molecule is CC(=O)OCc1c(-c2ncnc3c2cc(-c2ccc(N4CCN(C)CC4)cc2)n3S(=O)(=O)c2ccc(C)cc2)cccc1-n1ccc2cc(C3CC3)ccc2c1=O. The smallest absolute Gasteiger partial charge is 0.302 e. The number of aromatic nitrogens is 4. The lowest BCUT2D eigenvalue weighted by molar-refractivity contribution is -0.142. The van der Waals surface area contributed by atoms with Crippen LogP contribution in [0.15, 0.2) is 119 Å². The van der Waals surface area contributed by atoms with Gasteiger partial charge in [0.15, 0.2) is 5.65 Å². The van der Waals surface area contributed by atoms with Crippen molar-refractivity contribution in [3.8, 4) is 28.2 Å². The maximum atomic E-state index is 14.7. The van der Waals surface area contributed by atoms with Gasteiger partial charge in [0, 0.05) is 66.9 Å². The molecule has 12 heteroatoms. The molecular formula is C45H42N6O5S. The number of benzene rings is 4. The lowest BCUT2D eigenvalue weighted by atomic mass is 10.00. The van der Waals surface area contributed by atoms with Gasteiger partial charge in [-0.1, -0.05) is 54.1 Å². The molecule has 1 saturated heterocycles. The summed E-state index contributed by atoms with van der Waals surface area (Å²) < 4.78 is 37.9. The van der Waals surface area contributed by atoms with E-state index in [0.29, 0.717) is 50.5 Å². The zero-order valence-corrected chi connectivity index (χ0v) is 32.9. The molecular weight excluding hydrogens is 737 g/mol. The third-order valence-corrected chi connectivity index (χ3v) is 12.9. The predicted molar refractivity (Wildman–Crippen MR) is 222 cm³/mol.